The van der Waals surface area contributed by atoms with Gasteiger partial charge in [-0.15, -0.1) is 24.8 Å². The number of nitrogens with one attached hydrogen (secondary N) is 8. The smallest absolute Gasteiger partial charge is 0.272 e. The van der Waals surface area contributed by atoms with Crippen LogP contribution in [-0.4, -0.2) is 78.5 Å². The summed E-state index contributed by atoms with van der Waals surface area (Å²) in [7, 11) is 6.49. The molecule has 0 aliphatic carbocycles. The summed E-state index contributed by atoms with van der Waals surface area (Å²) in [6.45, 7) is 0.388. The first-order chi connectivity index (χ1) is 25.0. The van der Waals surface area contributed by atoms with Crippen LogP contribution in [0, 0.1) is 10.8 Å². The first kappa shape index (κ1) is 44.6. The molecule has 20 nitrogen and oxygen atoms in total. The van der Waals surface area contributed by atoms with Crippen LogP contribution < -0.4 is 43.4 Å². The van der Waals surface area contributed by atoms with Gasteiger partial charge in [0.05, 0.1) is 34.4 Å². The van der Waals surface area contributed by atoms with Gasteiger partial charge in [-0.1, -0.05) is 0 Å². The van der Waals surface area contributed by atoms with Gasteiger partial charge < -0.3 is 61.6 Å². The van der Waals surface area contributed by atoms with E-state index in [9.17, 15) is 28.8 Å². The van der Waals surface area contributed by atoms with Gasteiger partial charge in [-0.3, -0.25) is 39.6 Å². The number of halogens is 2. The van der Waals surface area contributed by atoms with Gasteiger partial charge in [0.25, 0.3) is 23.6 Å². The molecular weight excluding hydrogens is 759 g/mol. The van der Waals surface area contributed by atoms with Crippen molar-refractivity contribution in [2.24, 2.45) is 39.7 Å². The topological polar surface area (TPSA) is 294 Å². The standard InChI is InChI=1S/C33H42N14O6.2ClH/c1-44-16-20(11-22(44)30(50)38-7-5-26(34)35)42-32(52)24-9-18(14-46(24)3)40-28(48)13-29(49)41-19-10-25(47(4)15-19)33(53)43-21-12-23(45(2)17-21)31(51)39-8-6-27(36)37;;/h9-12,14-17H,5-8,13H2,1-4H3,(H3,34,35)(H3,36,37)(H,38,50)(H,39,51)(H,40,48)(H,41,49)(H,42,52)(H,43,53);2*1H. The molecule has 0 unspecified atom stereocenters. The van der Waals surface area contributed by atoms with E-state index in [2.05, 4.69) is 31.9 Å². The van der Waals surface area contributed by atoms with E-state index in [4.69, 9.17) is 22.3 Å². The number of aromatic nitrogens is 4. The highest BCUT2D eigenvalue weighted by Gasteiger charge is 2.20. The molecule has 0 atom stereocenters. The largest absolute Gasteiger partial charge is 0.388 e. The van der Waals surface area contributed by atoms with Gasteiger partial charge in [0, 0.05) is 78.9 Å². The molecule has 296 valence electrons. The molecular formula is C33H44Cl2N14O6. The summed E-state index contributed by atoms with van der Waals surface area (Å²) >= 11 is 0. The maximum Gasteiger partial charge on any atom is 0.272 e. The average molecular weight is 804 g/mol. The van der Waals surface area contributed by atoms with Gasteiger partial charge in [-0.05, 0) is 24.3 Å². The number of rotatable bonds is 16. The summed E-state index contributed by atoms with van der Waals surface area (Å²) in [6, 6.07) is 5.86. The van der Waals surface area contributed by atoms with Crippen molar-refractivity contribution in [1.29, 1.82) is 10.8 Å². The average Bonchev–Trinajstić information content (AvgIpc) is 3.81. The van der Waals surface area contributed by atoms with E-state index in [-0.39, 0.29) is 96.6 Å². The minimum absolute atomic E-state index is 0. The number of hydrogen-bond acceptors (Lipinski definition) is 8. The lowest BCUT2D eigenvalue weighted by Gasteiger charge is -2.04. The number of nitrogens with two attached hydrogens (primary N) is 2. The third-order valence-corrected chi connectivity index (χ3v) is 7.71. The number of carbonyl (C=O) groups excluding carboxylic acids is 6. The Morgan fingerprint density at radius 2 is 0.782 bits per heavy atom. The Morgan fingerprint density at radius 1 is 0.509 bits per heavy atom. The molecule has 4 rings (SSSR count). The third-order valence-electron chi connectivity index (χ3n) is 7.71. The summed E-state index contributed by atoms with van der Waals surface area (Å²) in [4.78, 5) is 76.4. The molecule has 0 saturated carbocycles. The van der Waals surface area contributed by atoms with Gasteiger partial charge in [0.1, 0.15) is 29.2 Å². The molecule has 4 heterocycles. The number of hydrogen-bond donors (Lipinski definition) is 10. The summed E-state index contributed by atoms with van der Waals surface area (Å²) in [6.07, 6.45) is 5.98. The van der Waals surface area contributed by atoms with Crippen LogP contribution >= 0.6 is 24.8 Å². The van der Waals surface area contributed by atoms with Crippen LogP contribution in [0.1, 0.15) is 61.2 Å². The van der Waals surface area contributed by atoms with Crippen molar-refractivity contribution in [3.05, 3.63) is 71.8 Å². The van der Waals surface area contributed by atoms with E-state index in [1.165, 1.54) is 54.9 Å². The second kappa shape index (κ2) is 19.5. The van der Waals surface area contributed by atoms with Crippen LogP contribution in [0.3, 0.4) is 0 Å². The summed E-state index contributed by atoms with van der Waals surface area (Å²) in [5.41, 5.74) is 12.8. The minimum Gasteiger partial charge on any atom is -0.388 e. The first-order valence-corrected chi connectivity index (χ1v) is 16.1. The van der Waals surface area contributed by atoms with Crippen molar-refractivity contribution in [3.8, 4) is 0 Å². The number of amides is 6. The highest BCUT2D eigenvalue weighted by molar-refractivity contribution is 6.10. The van der Waals surface area contributed by atoms with E-state index < -0.39 is 41.9 Å². The SMILES string of the molecule is Cl.Cl.Cn1cc(NC(=O)c2cc(NC(=O)CC(=O)Nc3cc(C(=O)Nc4cc(C(=O)NCCC(=N)N)n(C)c4)n(C)c3)cn2C)cc1C(=O)NCCC(=N)N. The highest BCUT2D eigenvalue weighted by Crippen LogP contribution is 2.20. The second-order valence-corrected chi connectivity index (χ2v) is 12.1. The van der Waals surface area contributed by atoms with Gasteiger partial charge in [-0.25, -0.2) is 0 Å². The highest BCUT2D eigenvalue weighted by atomic mass is 35.5. The number of anilines is 4. The zero-order chi connectivity index (χ0) is 39.0. The normalized spacial score (nSPS) is 10.3. The Kier molecular flexibility index (Phi) is 15.8. The van der Waals surface area contributed by atoms with E-state index in [0.717, 1.165) is 0 Å². The fourth-order valence-electron chi connectivity index (χ4n) is 5.18. The van der Waals surface area contributed by atoms with Crippen molar-refractivity contribution in [2.75, 3.05) is 34.4 Å². The van der Waals surface area contributed by atoms with Gasteiger partial charge in [0.15, 0.2) is 0 Å². The molecule has 0 bridgehead atoms. The van der Waals surface area contributed by atoms with Gasteiger partial charge in [0.2, 0.25) is 11.8 Å². The Morgan fingerprint density at radius 3 is 1.07 bits per heavy atom. The fraction of sp³-hybridized carbons (Fsp3) is 0.273. The van der Waals surface area contributed by atoms with Crippen LogP contribution in [0.2, 0.25) is 0 Å². The summed E-state index contributed by atoms with van der Waals surface area (Å²) in [5, 5.41) is 30.4. The zero-order valence-electron chi connectivity index (χ0n) is 30.4. The number of amidine groups is 2. The molecule has 0 radical (unpaired) electrons. The predicted octanol–water partition coefficient (Wildman–Crippen LogP) is 1.47. The molecule has 22 heteroatoms. The van der Waals surface area contributed by atoms with Crippen molar-refractivity contribution in [1.82, 2.24) is 28.9 Å². The van der Waals surface area contributed by atoms with Crippen LogP contribution in [0.5, 0.6) is 0 Å². The van der Waals surface area contributed by atoms with E-state index >= 15 is 0 Å². The monoisotopic (exact) mass is 802 g/mol. The Balaban J connectivity index is 0.00000523. The lowest BCUT2D eigenvalue weighted by Crippen LogP contribution is -2.28. The zero-order valence-corrected chi connectivity index (χ0v) is 32.0. The van der Waals surface area contributed by atoms with Crippen LogP contribution in [0.15, 0.2) is 49.1 Å². The van der Waals surface area contributed by atoms with Crippen molar-refractivity contribution in [3.63, 3.8) is 0 Å². The summed E-state index contributed by atoms with van der Waals surface area (Å²) in [5.74, 6) is -3.22. The molecule has 0 aliphatic heterocycles. The lowest BCUT2D eigenvalue weighted by atomic mass is 10.3. The molecule has 4 aromatic heterocycles. The van der Waals surface area contributed by atoms with Crippen molar-refractivity contribution in [2.45, 2.75) is 19.3 Å². The fourth-order valence-corrected chi connectivity index (χ4v) is 5.18. The number of aryl methyl sites for hydroxylation is 4. The van der Waals surface area contributed by atoms with Gasteiger partial charge in [-0.2, -0.15) is 0 Å². The quantitative estimate of drug-likeness (QED) is 0.0448. The van der Waals surface area contributed by atoms with Crippen molar-refractivity contribution >= 4 is 94.7 Å². The predicted molar refractivity (Wildman–Crippen MR) is 212 cm³/mol. The van der Waals surface area contributed by atoms with Crippen LogP contribution in [0.4, 0.5) is 22.7 Å². The van der Waals surface area contributed by atoms with Crippen LogP contribution in [-0.2, 0) is 37.8 Å². The van der Waals surface area contributed by atoms with Gasteiger partial charge >= 0.3 is 0 Å². The first-order valence-electron chi connectivity index (χ1n) is 16.1. The molecule has 0 fully saturated rings. The third kappa shape index (κ3) is 12.3. The molecule has 0 aromatic carbocycles. The van der Waals surface area contributed by atoms with E-state index in [1.807, 2.05) is 0 Å². The maximum absolute atomic E-state index is 13.0. The van der Waals surface area contributed by atoms with Crippen LogP contribution in [0.25, 0.3) is 0 Å². The van der Waals surface area contributed by atoms with E-state index in [1.54, 1.807) is 40.6 Å². The molecule has 12 N–H and O–H groups in total. The Hall–Kier alpha value is -6.54. The molecule has 55 heavy (non-hydrogen) atoms. The molecule has 4 aromatic rings. The summed E-state index contributed by atoms with van der Waals surface area (Å²) < 4.78 is 6.05. The Labute approximate surface area is 327 Å². The Bertz CT molecular complexity index is 1960. The van der Waals surface area contributed by atoms with E-state index in [0.29, 0.717) is 11.4 Å². The maximum atomic E-state index is 13.0. The molecule has 0 spiro atoms. The second-order valence-electron chi connectivity index (χ2n) is 12.1. The van der Waals surface area contributed by atoms with Crippen molar-refractivity contribution < 1.29 is 28.8 Å². The minimum atomic E-state index is -0.650. The lowest BCUT2D eigenvalue weighted by molar-refractivity contribution is -0.123. The number of nitrogens with zero attached hydrogens (tertiary/aromatic N) is 4. The number of carbonyl (C=O) groups is 6. The molecule has 0 saturated heterocycles. The molecule has 6 amide bonds. The molecule has 0 aliphatic rings.